The molecule has 1 aliphatic heterocycles. The molecule has 33 heavy (non-hydrogen) atoms. The van der Waals surface area contributed by atoms with E-state index in [9.17, 15) is 13.2 Å². The summed E-state index contributed by atoms with van der Waals surface area (Å²) in [6.45, 7) is 6.97. The first-order valence-electron chi connectivity index (χ1n) is 11.3. The molecule has 1 N–H and O–H groups in total. The Morgan fingerprint density at radius 3 is 2.30 bits per heavy atom. The Balaban J connectivity index is 1.74. The number of hydrogen-bond acceptors (Lipinski definition) is 4. The number of hydrogen-bond donors (Lipinski definition) is 1. The molecule has 0 spiro atoms. The molecule has 1 amide bonds. The number of halogens is 1. The number of furan rings is 1. The van der Waals surface area contributed by atoms with Crippen LogP contribution in [-0.4, -0.2) is 32.3 Å². The first kappa shape index (κ1) is 23.8. The minimum Gasteiger partial charge on any atom is -0.449 e. The van der Waals surface area contributed by atoms with Gasteiger partial charge in [-0.3, -0.25) is 4.79 Å². The minimum atomic E-state index is -3.91. The lowest BCUT2D eigenvalue weighted by molar-refractivity contribution is 0.0731. The van der Waals surface area contributed by atoms with Gasteiger partial charge in [-0.15, -0.1) is 0 Å². The number of likely N-dealkylation sites (tertiary alicyclic amines) is 1. The number of aryl methyl sites for hydroxylation is 2. The van der Waals surface area contributed by atoms with E-state index < -0.39 is 10.0 Å². The van der Waals surface area contributed by atoms with Crippen LogP contribution in [-0.2, 0) is 16.6 Å². The summed E-state index contributed by atoms with van der Waals surface area (Å²) < 4.78 is 35.5. The fourth-order valence-electron chi connectivity index (χ4n) is 4.34. The molecule has 2 heterocycles. The van der Waals surface area contributed by atoms with Crippen molar-refractivity contribution in [2.75, 3.05) is 13.1 Å². The molecule has 3 aromatic rings. The Labute approximate surface area is 200 Å². The maximum atomic E-state index is 13.4. The Morgan fingerprint density at radius 1 is 1.03 bits per heavy atom. The molecular weight excluding hydrogens is 460 g/mol. The molecule has 1 aliphatic rings. The van der Waals surface area contributed by atoms with E-state index in [1.54, 1.807) is 31.2 Å². The number of benzene rings is 2. The van der Waals surface area contributed by atoms with Crippen LogP contribution < -0.4 is 4.72 Å². The second kappa shape index (κ2) is 9.49. The number of rotatable bonds is 5. The van der Waals surface area contributed by atoms with E-state index in [0.29, 0.717) is 34.6 Å². The second-order valence-electron chi connectivity index (χ2n) is 8.74. The lowest BCUT2D eigenvalue weighted by atomic mass is 10.0. The third kappa shape index (κ3) is 4.81. The van der Waals surface area contributed by atoms with Crippen molar-refractivity contribution in [2.45, 2.75) is 57.9 Å². The molecule has 0 saturated carbocycles. The van der Waals surface area contributed by atoms with Crippen LogP contribution in [0.3, 0.4) is 0 Å². The smallest absolute Gasteiger partial charge is 0.289 e. The standard InChI is InChI=1S/C25H29ClN2O4S/c1-16-14-21-18(3)22(25(29)28-12-6-4-5-7-13-28)32-23(21)24(17(16)2)33(30,31)27-15-19-8-10-20(26)11-9-19/h8-11,14,27H,4-7,12-13,15H2,1-3H3. The topological polar surface area (TPSA) is 79.6 Å². The van der Waals surface area contributed by atoms with Crippen molar-refractivity contribution in [3.05, 3.63) is 63.4 Å². The maximum absolute atomic E-state index is 13.4. The highest BCUT2D eigenvalue weighted by Gasteiger charge is 2.29. The highest BCUT2D eigenvalue weighted by Crippen LogP contribution is 2.35. The van der Waals surface area contributed by atoms with Gasteiger partial charge < -0.3 is 9.32 Å². The second-order valence-corrected chi connectivity index (χ2v) is 10.9. The molecule has 1 saturated heterocycles. The Bertz CT molecular complexity index is 1290. The van der Waals surface area contributed by atoms with Crippen molar-refractivity contribution in [2.24, 2.45) is 0 Å². The van der Waals surface area contributed by atoms with Crippen LogP contribution in [0, 0.1) is 20.8 Å². The predicted molar refractivity (Wildman–Crippen MR) is 130 cm³/mol. The van der Waals surface area contributed by atoms with Crippen molar-refractivity contribution in [3.8, 4) is 0 Å². The summed E-state index contributed by atoms with van der Waals surface area (Å²) in [7, 11) is -3.91. The molecule has 1 aromatic heterocycles. The third-order valence-corrected chi connectivity index (χ3v) is 8.23. The van der Waals surface area contributed by atoms with E-state index in [1.807, 2.05) is 24.8 Å². The average Bonchev–Trinajstić information content (AvgIpc) is 2.96. The van der Waals surface area contributed by atoms with Gasteiger partial charge in [0, 0.05) is 35.6 Å². The van der Waals surface area contributed by atoms with Gasteiger partial charge in [0.1, 0.15) is 4.90 Å². The number of amides is 1. The maximum Gasteiger partial charge on any atom is 0.289 e. The van der Waals surface area contributed by atoms with Gasteiger partial charge in [-0.1, -0.05) is 36.6 Å². The first-order chi connectivity index (χ1) is 15.7. The van der Waals surface area contributed by atoms with Crippen LogP contribution in [0.25, 0.3) is 11.0 Å². The van der Waals surface area contributed by atoms with Gasteiger partial charge in [0.25, 0.3) is 5.91 Å². The summed E-state index contributed by atoms with van der Waals surface area (Å²) in [5, 5.41) is 1.24. The van der Waals surface area contributed by atoms with Crippen molar-refractivity contribution < 1.29 is 17.6 Å². The summed E-state index contributed by atoms with van der Waals surface area (Å²) in [4.78, 5) is 15.2. The van der Waals surface area contributed by atoms with Crippen molar-refractivity contribution >= 4 is 38.5 Å². The van der Waals surface area contributed by atoms with Crippen LogP contribution in [0.5, 0.6) is 0 Å². The predicted octanol–water partition coefficient (Wildman–Crippen LogP) is 5.51. The summed E-state index contributed by atoms with van der Waals surface area (Å²) in [5.74, 6) is 0.0597. The van der Waals surface area contributed by atoms with Gasteiger partial charge in [0.2, 0.25) is 10.0 Å². The molecule has 176 valence electrons. The van der Waals surface area contributed by atoms with Crippen molar-refractivity contribution in [3.63, 3.8) is 0 Å². The quantitative estimate of drug-likeness (QED) is 0.513. The molecule has 4 rings (SSSR count). The number of carbonyl (C=O) groups excluding carboxylic acids is 1. The average molecular weight is 489 g/mol. The van der Waals surface area contributed by atoms with E-state index in [0.717, 1.165) is 36.8 Å². The molecule has 0 aliphatic carbocycles. The molecule has 0 unspecified atom stereocenters. The van der Waals surface area contributed by atoms with E-state index in [1.165, 1.54) is 0 Å². The highest BCUT2D eigenvalue weighted by atomic mass is 35.5. The van der Waals surface area contributed by atoms with Gasteiger partial charge >= 0.3 is 0 Å². The highest BCUT2D eigenvalue weighted by molar-refractivity contribution is 7.89. The Morgan fingerprint density at radius 2 is 1.67 bits per heavy atom. The Kier molecular flexibility index (Phi) is 6.84. The lowest BCUT2D eigenvalue weighted by Gasteiger charge is -2.19. The van der Waals surface area contributed by atoms with E-state index >= 15 is 0 Å². The zero-order chi connectivity index (χ0) is 23.8. The molecule has 2 aromatic carbocycles. The fraction of sp³-hybridized carbons (Fsp3) is 0.400. The monoisotopic (exact) mass is 488 g/mol. The van der Waals surface area contributed by atoms with Gasteiger partial charge in [-0.25, -0.2) is 13.1 Å². The summed E-state index contributed by atoms with van der Waals surface area (Å²) in [6.07, 6.45) is 4.17. The number of carbonyl (C=O) groups is 1. The number of fused-ring (bicyclic) bond motifs is 1. The van der Waals surface area contributed by atoms with Crippen LogP contribution >= 0.6 is 11.6 Å². The zero-order valence-corrected chi connectivity index (χ0v) is 20.8. The normalized spacial score (nSPS) is 15.1. The van der Waals surface area contributed by atoms with Crippen molar-refractivity contribution in [1.29, 1.82) is 0 Å². The van der Waals surface area contributed by atoms with Crippen molar-refractivity contribution in [1.82, 2.24) is 9.62 Å². The van der Waals surface area contributed by atoms with E-state index in [2.05, 4.69) is 4.72 Å². The fourth-order valence-corrected chi connectivity index (χ4v) is 5.93. The van der Waals surface area contributed by atoms with Crippen LogP contribution in [0.2, 0.25) is 5.02 Å². The van der Waals surface area contributed by atoms with Crippen LogP contribution in [0.1, 0.15) is 58.5 Å². The van der Waals surface area contributed by atoms with Gasteiger partial charge in [0.05, 0.1) is 0 Å². The molecule has 8 heteroatoms. The molecule has 6 nitrogen and oxygen atoms in total. The zero-order valence-electron chi connectivity index (χ0n) is 19.2. The molecular formula is C25H29ClN2O4S. The van der Waals surface area contributed by atoms with Crippen LogP contribution in [0.15, 0.2) is 39.6 Å². The lowest BCUT2D eigenvalue weighted by Crippen LogP contribution is -2.31. The molecule has 0 bridgehead atoms. The summed E-state index contributed by atoms with van der Waals surface area (Å²) >= 11 is 5.93. The van der Waals surface area contributed by atoms with Gasteiger partial charge in [-0.05, 0) is 68.5 Å². The Hall–Kier alpha value is -2.35. The summed E-state index contributed by atoms with van der Waals surface area (Å²) in [5.41, 5.74) is 3.13. The largest absolute Gasteiger partial charge is 0.449 e. The number of sulfonamides is 1. The SMILES string of the molecule is Cc1cc2c(C)c(C(=O)N3CCCCCC3)oc2c(S(=O)(=O)NCc2ccc(Cl)cc2)c1C. The number of nitrogens with one attached hydrogen (secondary N) is 1. The molecule has 1 fully saturated rings. The van der Waals surface area contributed by atoms with E-state index in [-0.39, 0.29) is 28.7 Å². The third-order valence-electron chi connectivity index (χ3n) is 6.43. The van der Waals surface area contributed by atoms with Crippen LogP contribution in [0.4, 0.5) is 0 Å². The molecule has 0 radical (unpaired) electrons. The molecule has 0 atom stereocenters. The number of nitrogens with zero attached hydrogens (tertiary/aromatic N) is 1. The minimum absolute atomic E-state index is 0.0875. The first-order valence-corrected chi connectivity index (χ1v) is 13.1. The summed E-state index contributed by atoms with van der Waals surface area (Å²) in [6, 6.07) is 8.90. The van der Waals surface area contributed by atoms with Gasteiger partial charge in [0.15, 0.2) is 11.3 Å². The van der Waals surface area contributed by atoms with Gasteiger partial charge in [-0.2, -0.15) is 0 Å². The van der Waals surface area contributed by atoms with E-state index in [4.69, 9.17) is 16.0 Å².